The van der Waals surface area contributed by atoms with Crippen LogP contribution >= 0.6 is 0 Å². The minimum Gasteiger partial charge on any atom is -0.355 e. The lowest BCUT2D eigenvalue weighted by molar-refractivity contribution is 0.0964. The number of para-hydroxylation sites is 1. The van der Waals surface area contributed by atoms with Crippen LogP contribution in [0.2, 0.25) is 0 Å². The third-order valence-corrected chi connectivity index (χ3v) is 2.39. The number of hydrogen-bond donors (Lipinski definition) is 3. The third-order valence-electron chi connectivity index (χ3n) is 2.39. The van der Waals surface area contributed by atoms with Gasteiger partial charge in [-0.15, -0.1) is 0 Å². The number of hydrogen-bond acceptors (Lipinski definition) is 3. The van der Waals surface area contributed by atoms with Crippen LogP contribution in [0.15, 0.2) is 36.5 Å². The van der Waals surface area contributed by atoms with Crippen LogP contribution in [0.25, 0.3) is 0 Å². The SMILES string of the molecule is CNC(=O)c1ccccc1NC(=O)c1ccn[nH]1. The highest BCUT2D eigenvalue weighted by atomic mass is 16.2. The van der Waals surface area contributed by atoms with Gasteiger partial charge in [0.2, 0.25) is 0 Å². The highest BCUT2D eigenvalue weighted by Crippen LogP contribution is 2.15. The molecule has 18 heavy (non-hydrogen) atoms. The van der Waals surface area contributed by atoms with Crippen LogP contribution in [-0.2, 0) is 0 Å². The summed E-state index contributed by atoms with van der Waals surface area (Å²) in [6, 6.07) is 8.34. The first-order chi connectivity index (χ1) is 8.72. The van der Waals surface area contributed by atoms with E-state index in [2.05, 4.69) is 20.8 Å². The summed E-state index contributed by atoms with van der Waals surface area (Å²) in [5, 5.41) is 11.4. The molecule has 0 unspecified atom stereocenters. The molecule has 92 valence electrons. The van der Waals surface area contributed by atoms with Gasteiger partial charge in [0.25, 0.3) is 11.8 Å². The van der Waals surface area contributed by atoms with Gasteiger partial charge in [-0.2, -0.15) is 5.10 Å². The molecule has 6 heteroatoms. The molecule has 0 atom stereocenters. The summed E-state index contributed by atoms with van der Waals surface area (Å²) in [5.74, 6) is -0.598. The van der Waals surface area contributed by atoms with E-state index in [4.69, 9.17) is 0 Å². The molecule has 0 saturated carbocycles. The van der Waals surface area contributed by atoms with E-state index in [-0.39, 0.29) is 11.8 Å². The van der Waals surface area contributed by atoms with Crippen molar-refractivity contribution in [1.82, 2.24) is 15.5 Å². The zero-order valence-electron chi connectivity index (χ0n) is 9.73. The number of H-pyrrole nitrogens is 1. The van der Waals surface area contributed by atoms with Crippen molar-refractivity contribution in [3.05, 3.63) is 47.8 Å². The van der Waals surface area contributed by atoms with Crippen molar-refractivity contribution in [2.24, 2.45) is 0 Å². The third kappa shape index (κ3) is 2.37. The second kappa shape index (κ2) is 5.13. The van der Waals surface area contributed by atoms with E-state index >= 15 is 0 Å². The van der Waals surface area contributed by atoms with Gasteiger partial charge in [0.05, 0.1) is 11.3 Å². The maximum absolute atomic E-state index is 11.8. The Hall–Kier alpha value is -2.63. The van der Waals surface area contributed by atoms with Crippen molar-refractivity contribution in [2.75, 3.05) is 12.4 Å². The highest BCUT2D eigenvalue weighted by molar-refractivity contribution is 6.08. The highest BCUT2D eigenvalue weighted by Gasteiger charge is 2.13. The van der Waals surface area contributed by atoms with Crippen LogP contribution in [0.4, 0.5) is 5.69 Å². The summed E-state index contributed by atoms with van der Waals surface area (Å²) < 4.78 is 0. The Morgan fingerprint density at radius 3 is 2.61 bits per heavy atom. The molecule has 6 nitrogen and oxygen atoms in total. The lowest BCUT2D eigenvalue weighted by Gasteiger charge is -2.08. The Balaban J connectivity index is 2.24. The van der Waals surface area contributed by atoms with Crippen LogP contribution in [0.1, 0.15) is 20.8 Å². The maximum Gasteiger partial charge on any atom is 0.273 e. The second-order valence-corrected chi connectivity index (χ2v) is 3.55. The molecule has 2 aromatic rings. The Morgan fingerprint density at radius 2 is 1.94 bits per heavy atom. The smallest absolute Gasteiger partial charge is 0.273 e. The van der Waals surface area contributed by atoms with E-state index in [9.17, 15) is 9.59 Å². The molecule has 2 rings (SSSR count). The molecular weight excluding hydrogens is 232 g/mol. The van der Waals surface area contributed by atoms with E-state index in [0.717, 1.165) is 0 Å². The van der Waals surface area contributed by atoms with E-state index in [1.165, 1.54) is 13.2 Å². The van der Waals surface area contributed by atoms with Crippen LogP contribution < -0.4 is 10.6 Å². The zero-order valence-corrected chi connectivity index (χ0v) is 9.73. The van der Waals surface area contributed by atoms with E-state index in [1.54, 1.807) is 30.3 Å². The van der Waals surface area contributed by atoms with Gasteiger partial charge < -0.3 is 10.6 Å². The number of benzene rings is 1. The molecule has 0 saturated heterocycles. The number of rotatable bonds is 3. The lowest BCUT2D eigenvalue weighted by Crippen LogP contribution is -2.21. The predicted molar refractivity (Wildman–Crippen MR) is 66.4 cm³/mol. The van der Waals surface area contributed by atoms with Crippen molar-refractivity contribution in [1.29, 1.82) is 0 Å². The fourth-order valence-corrected chi connectivity index (χ4v) is 1.50. The number of nitrogens with zero attached hydrogens (tertiary/aromatic N) is 1. The van der Waals surface area contributed by atoms with Gasteiger partial charge in [-0.05, 0) is 18.2 Å². The van der Waals surface area contributed by atoms with E-state index < -0.39 is 0 Å². The number of anilines is 1. The molecule has 0 fully saturated rings. The number of nitrogens with one attached hydrogen (secondary N) is 3. The monoisotopic (exact) mass is 244 g/mol. The van der Waals surface area contributed by atoms with Crippen molar-refractivity contribution in [2.45, 2.75) is 0 Å². The summed E-state index contributed by atoms with van der Waals surface area (Å²) in [7, 11) is 1.54. The standard InChI is InChI=1S/C12H12N4O2/c1-13-11(17)8-4-2-3-5-9(8)15-12(18)10-6-7-14-16-10/h2-7H,1H3,(H,13,17)(H,14,16)(H,15,18). The molecule has 1 heterocycles. The Kier molecular flexibility index (Phi) is 3.38. The minimum absolute atomic E-state index is 0.254. The number of aromatic nitrogens is 2. The Morgan fingerprint density at radius 1 is 1.17 bits per heavy atom. The molecule has 0 bridgehead atoms. The fraction of sp³-hybridized carbons (Fsp3) is 0.0833. The number of carbonyl (C=O) groups excluding carboxylic acids is 2. The Labute approximate surface area is 103 Å². The number of carbonyl (C=O) groups is 2. The molecule has 0 radical (unpaired) electrons. The number of amides is 2. The molecule has 0 aliphatic rings. The molecule has 1 aromatic carbocycles. The molecule has 0 aliphatic heterocycles. The zero-order chi connectivity index (χ0) is 13.0. The Bertz CT molecular complexity index is 563. The van der Waals surface area contributed by atoms with Gasteiger partial charge in [0, 0.05) is 13.2 Å². The van der Waals surface area contributed by atoms with Crippen molar-refractivity contribution in [3.8, 4) is 0 Å². The first-order valence-electron chi connectivity index (χ1n) is 5.34. The van der Waals surface area contributed by atoms with E-state index in [1.807, 2.05) is 0 Å². The van der Waals surface area contributed by atoms with Gasteiger partial charge in [-0.1, -0.05) is 12.1 Å². The minimum atomic E-state index is -0.344. The normalized spacial score (nSPS) is 9.83. The fourth-order valence-electron chi connectivity index (χ4n) is 1.50. The quantitative estimate of drug-likeness (QED) is 0.753. The summed E-state index contributed by atoms with van der Waals surface area (Å²) in [6.45, 7) is 0. The van der Waals surface area contributed by atoms with E-state index in [0.29, 0.717) is 16.9 Å². The van der Waals surface area contributed by atoms with Crippen LogP contribution in [0.3, 0.4) is 0 Å². The molecule has 1 aromatic heterocycles. The average molecular weight is 244 g/mol. The van der Waals surface area contributed by atoms with Crippen LogP contribution in [0, 0.1) is 0 Å². The first kappa shape index (κ1) is 11.8. The van der Waals surface area contributed by atoms with Gasteiger partial charge in [-0.25, -0.2) is 0 Å². The summed E-state index contributed by atoms with van der Waals surface area (Å²) in [6.07, 6.45) is 1.49. The maximum atomic E-state index is 11.8. The summed E-state index contributed by atoms with van der Waals surface area (Å²) in [4.78, 5) is 23.4. The molecule has 0 spiro atoms. The van der Waals surface area contributed by atoms with Crippen LogP contribution in [-0.4, -0.2) is 29.1 Å². The largest absolute Gasteiger partial charge is 0.355 e. The summed E-state index contributed by atoms with van der Waals surface area (Å²) in [5.41, 5.74) is 1.20. The molecular formula is C12H12N4O2. The average Bonchev–Trinajstić information content (AvgIpc) is 2.92. The van der Waals surface area contributed by atoms with Crippen LogP contribution in [0.5, 0.6) is 0 Å². The van der Waals surface area contributed by atoms with Gasteiger partial charge in [0.15, 0.2) is 0 Å². The topological polar surface area (TPSA) is 86.9 Å². The molecule has 0 aliphatic carbocycles. The van der Waals surface area contributed by atoms with Gasteiger partial charge in [-0.3, -0.25) is 14.7 Å². The van der Waals surface area contributed by atoms with Crippen molar-refractivity contribution >= 4 is 17.5 Å². The first-order valence-corrected chi connectivity index (χ1v) is 5.34. The molecule has 2 amide bonds. The van der Waals surface area contributed by atoms with Gasteiger partial charge >= 0.3 is 0 Å². The lowest BCUT2D eigenvalue weighted by atomic mass is 10.1. The van der Waals surface area contributed by atoms with Crippen molar-refractivity contribution < 1.29 is 9.59 Å². The predicted octanol–water partition coefficient (Wildman–Crippen LogP) is 1.02. The second-order valence-electron chi connectivity index (χ2n) is 3.55. The van der Waals surface area contributed by atoms with Crippen molar-refractivity contribution in [3.63, 3.8) is 0 Å². The molecule has 3 N–H and O–H groups in total. The number of aromatic amines is 1. The van der Waals surface area contributed by atoms with Gasteiger partial charge in [0.1, 0.15) is 5.69 Å². The summed E-state index contributed by atoms with van der Waals surface area (Å²) >= 11 is 0.